The van der Waals surface area contributed by atoms with Gasteiger partial charge in [-0.25, -0.2) is 0 Å². The Morgan fingerprint density at radius 2 is 2.25 bits per heavy atom. The van der Waals surface area contributed by atoms with Crippen LogP contribution in [0.3, 0.4) is 0 Å². The molecule has 108 valence electrons. The summed E-state index contributed by atoms with van der Waals surface area (Å²) in [6.07, 6.45) is 1.61. The maximum absolute atomic E-state index is 10.7. The fraction of sp³-hybridized carbons (Fsp3) is 0.462. The first kappa shape index (κ1) is 14.6. The zero-order valence-electron chi connectivity index (χ0n) is 11.7. The van der Waals surface area contributed by atoms with E-state index in [0.717, 1.165) is 5.56 Å². The van der Waals surface area contributed by atoms with Gasteiger partial charge in [0.2, 0.25) is 5.82 Å². The van der Waals surface area contributed by atoms with Gasteiger partial charge in [-0.3, -0.25) is 9.36 Å². The van der Waals surface area contributed by atoms with Crippen LogP contribution in [0.1, 0.15) is 19.4 Å². The third-order valence-corrected chi connectivity index (χ3v) is 3.61. The maximum atomic E-state index is 10.7. The molecule has 0 aliphatic heterocycles. The molecule has 0 aromatic carbocycles. The van der Waals surface area contributed by atoms with Crippen LogP contribution in [0.4, 0.5) is 0 Å². The first-order chi connectivity index (χ1) is 9.49. The average molecular weight is 295 g/mol. The van der Waals surface area contributed by atoms with Crippen molar-refractivity contribution in [2.24, 2.45) is 5.92 Å². The second-order valence-corrected chi connectivity index (χ2v) is 5.87. The first-order valence-corrected chi connectivity index (χ1v) is 7.30. The van der Waals surface area contributed by atoms with E-state index >= 15 is 0 Å². The molecule has 6 nitrogen and oxygen atoms in total. The van der Waals surface area contributed by atoms with Crippen LogP contribution in [0.5, 0.6) is 0 Å². The Labute approximate surface area is 121 Å². The number of nitrogens with zero attached hydrogens (tertiary/aromatic N) is 3. The number of aromatic nitrogens is 3. The van der Waals surface area contributed by atoms with E-state index in [1.54, 1.807) is 6.26 Å². The number of carbonyl (C=O) groups is 1. The van der Waals surface area contributed by atoms with E-state index < -0.39 is 5.97 Å². The molecule has 0 bridgehead atoms. The molecule has 0 aliphatic carbocycles. The van der Waals surface area contributed by atoms with Crippen LogP contribution in [0, 0.1) is 12.8 Å². The minimum atomic E-state index is -0.871. The number of thioether (sulfide) groups is 1. The SMILES string of the molecule is Cc1ccoc1-c1nnc(SCC(=O)O)n1CC(C)C. The summed E-state index contributed by atoms with van der Waals surface area (Å²) < 4.78 is 7.38. The van der Waals surface area contributed by atoms with E-state index in [1.165, 1.54) is 11.8 Å². The molecule has 0 atom stereocenters. The molecule has 2 aromatic rings. The van der Waals surface area contributed by atoms with Gasteiger partial charge in [0.15, 0.2) is 10.9 Å². The van der Waals surface area contributed by atoms with Gasteiger partial charge in [0, 0.05) is 6.54 Å². The molecule has 0 amide bonds. The summed E-state index contributed by atoms with van der Waals surface area (Å²) in [6.45, 7) is 6.83. The second-order valence-electron chi connectivity index (χ2n) is 4.93. The summed E-state index contributed by atoms with van der Waals surface area (Å²) in [4.78, 5) is 10.7. The van der Waals surface area contributed by atoms with E-state index in [1.807, 2.05) is 17.6 Å². The first-order valence-electron chi connectivity index (χ1n) is 6.31. The number of carboxylic acids is 1. The number of hydrogen-bond donors (Lipinski definition) is 1. The van der Waals surface area contributed by atoms with Crippen molar-refractivity contribution in [2.75, 3.05) is 5.75 Å². The highest BCUT2D eigenvalue weighted by Gasteiger charge is 2.19. The number of aliphatic carboxylic acids is 1. The molecule has 2 heterocycles. The minimum Gasteiger partial charge on any atom is -0.481 e. The van der Waals surface area contributed by atoms with Crippen LogP contribution in [-0.2, 0) is 11.3 Å². The molecule has 0 saturated carbocycles. The Morgan fingerprint density at radius 3 is 2.80 bits per heavy atom. The molecule has 20 heavy (non-hydrogen) atoms. The fourth-order valence-electron chi connectivity index (χ4n) is 1.82. The van der Waals surface area contributed by atoms with Gasteiger partial charge in [-0.2, -0.15) is 0 Å². The highest BCUT2D eigenvalue weighted by molar-refractivity contribution is 7.99. The lowest BCUT2D eigenvalue weighted by atomic mass is 10.2. The third-order valence-electron chi connectivity index (χ3n) is 2.65. The quantitative estimate of drug-likeness (QED) is 0.825. The normalized spacial score (nSPS) is 11.2. The number of hydrogen-bond acceptors (Lipinski definition) is 5. The lowest BCUT2D eigenvalue weighted by Gasteiger charge is -2.11. The highest BCUT2D eigenvalue weighted by atomic mass is 32.2. The highest BCUT2D eigenvalue weighted by Crippen LogP contribution is 2.27. The summed E-state index contributed by atoms with van der Waals surface area (Å²) in [6, 6.07) is 1.87. The predicted octanol–water partition coefficient (Wildman–Crippen LogP) is 2.68. The number of carboxylic acid groups (broad SMARTS) is 1. The summed E-state index contributed by atoms with van der Waals surface area (Å²) in [7, 11) is 0. The largest absolute Gasteiger partial charge is 0.481 e. The molecular weight excluding hydrogens is 278 g/mol. The molecule has 0 aliphatic rings. The van der Waals surface area contributed by atoms with Gasteiger partial charge >= 0.3 is 5.97 Å². The molecule has 0 radical (unpaired) electrons. The van der Waals surface area contributed by atoms with Crippen LogP contribution in [-0.4, -0.2) is 31.6 Å². The number of aryl methyl sites for hydroxylation is 1. The van der Waals surface area contributed by atoms with Crippen molar-refractivity contribution < 1.29 is 14.3 Å². The summed E-state index contributed by atoms with van der Waals surface area (Å²) in [5, 5.41) is 17.6. The molecule has 0 spiro atoms. The smallest absolute Gasteiger partial charge is 0.313 e. The predicted molar refractivity (Wildman–Crippen MR) is 75.7 cm³/mol. The van der Waals surface area contributed by atoms with Crippen molar-refractivity contribution in [1.82, 2.24) is 14.8 Å². The van der Waals surface area contributed by atoms with Gasteiger partial charge in [-0.1, -0.05) is 25.6 Å². The van der Waals surface area contributed by atoms with Crippen LogP contribution in [0.25, 0.3) is 11.6 Å². The van der Waals surface area contributed by atoms with Gasteiger partial charge in [0.25, 0.3) is 0 Å². The molecule has 2 aromatic heterocycles. The summed E-state index contributed by atoms with van der Waals surface area (Å²) >= 11 is 1.17. The zero-order chi connectivity index (χ0) is 14.7. The summed E-state index contributed by atoms with van der Waals surface area (Å²) in [5.74, 6) is 0.816. The molecular formula is C13H17N3O3S. The van der Waals surface area contributed by atoms with Gasteiger partial charge in [-0.05, 0) is 24.5 Å². The van der Waals surface area contributed by atoms with Crippen molar-refractivity contribution >= 4 is 17.7 Å². The van der Waals surface area contributed by atoms with Crippen LogP contribution in [0.2, 0.25) is 0 Å². The van der Waals surface area contributed by atoms with E-state index in [0.29, 0.717) is 29.2 Å². The standard InChI is InChI=1S/C13H17N3O3S/c1-8(2)6-16-12(11-9(3)4-5-19-11)14-15-13(16)20-7-10(17)18/h4-5,8H,6-7H2,1-3H3,(H,17,18). The Kier molecular flexibility index (Phi) is 4.49. The molecule has 1 N–H and O–H groups in total. The Hall–Kier alpha value is -1.76. The van der Waals surface area contributed by atoms with Gasteiger partial charge < -0.3 is 9.52 Å². The monoisotopic (exact) mass is 295 g/mol. The minimum absolute atomic E-state index is 0.0344. The maximum Gasteiger partial charge on any atom is 0.313 e. The fourth-order valence-corrected chi connectivity index (χ4v) is 2.49. The molecule has 0 saturated heterocycles. The second kappa shape index (κ2) is 6.13. The summed E-state index contributed by atoms with van der Waals surface area (Å²) in [5.41, 5.74) is 0.984. The van der Waals surface area contributed by atoms with E-state index in [-0.39, 0.29) is 5.75 Å². The van der Waals surface area contributed by atoms with Crippen molar-refractivity contribution in [1.29, 1.82) is 0 Å². The average Bonchev–Trinajstić information content (AvgIpc) is 2.92. The topological polar surface area (TPSA) is 81.2 Å². The Balaban J connectivity index is 2.37. The number of furan rings is 1. The number of rotatable bonds is 6. The van der Waals surface area contributed by atoms with Crippen molar-refractivity contribution in [2.45, 2.75) is 32.5 Å². The van der Waals surface area contributed by atoms with E-state index in [4.69, 9.17) is 9.52 Å². The van der Waals surface area contributed by atoms with Crippen LogP contribution >= 0.6 is 11.8 Å². The lowest BCUT2D eigenvalue weighted by Crippen LogP contribution is -2.09. The van der Waals surface area contributed by atoms with Gasteiger partial charge in [-0.15, -0.1) is 10.2 Å². The lowest BCUT2D eigenvalue weighted by molar-refractivity contribution is -0.133. The molecule has 2 rings (SSSR count). The van der Waals surface area contributed by atoms with Gasteiger partial charge in [0.05, 0.1) is 12.0 Å². The Bertz CT molecular complexity index is 604. The molecule has 7 heteroatoms. The molecule has 0 unspecified atom stereocenters. The van der Waals surface area contributed by atoms with Crippen molar-refractivity contribution in [3.63, 3.8) is 0 Å². The Morgan fingerprint density at radius 1 is 1.50 bits per heavy atom. The van der Waals surface area contributed by atoms with E-state index in [9.17, 15) is 4.79 Å². The van der Waals surface area contributed by atoms with Crippen molar-refractivity contribution in [3.8, 4) is 11.6 Å². The van der Waals surface area contributed by atoms with Gasteiger partial charge in [0.1, 0.15) is 0 Å². The van der Waals surface area contributed by atoms with Crippen LogP contribution in [0.15, 0.2) is 21.9 Å². The van der Waals surface area contributed by atoms with Crippen LogP contribution < -0.4 is 0 Å². The van der Waals surface area contributed by atoms with E-state index in [2.05, 4.69) is 24.0 Å². The third kappa shape index (κ3) is 3.22. The zero-order valence-corrected chi connectivity index (χ0v) is 12.5. The molecule has 0 fully saturated rings. The van der Waals surface area contributed by atoms with Crippen molar-refractivity contribution in [3.05, 3.63) is 17.9 Å².